The Morgan fingerprint density at radius 1 is 1.03 bits per heavy atom. The van der Waals surface area contributed by atoms with Crippen molar-refractivity contribution in [1.29, 1.82) is 0 Å². The molecule has 8 nitrogen and oxygen atoms in total. The minimum absolute atomic E-state index is 0.0692. The van der Waals surface area contributed by atoms with Crippen molar-refractivity contribution < 1.29 is 24.2 Å². The Labute approximate surface area is 199 Å². The van der Waals surface area contributed by atoms with E-state index in [0.29, 0.717) is 13.1 Å². The third kappa shape index (κ3) is 4.63. The Bertz CT molecular complexity index is 1040. The van der Waals surface area contributed by atoms with Crippen LogP contribution in [0.25, 0.3) is 11.1 Å². The lowest BCUT2D eigenvalue weighted by Crippen LogP contribution is -2.60. The number of carboxylic acids is 1. The van der Waals surface area contributed by atoms with Crippen molar-refractivity contribution >= 4 is 18.0 Å². The summed E-state index contributed by atoms with van der Waals surface area (Å²) in [6.45, 7) is 4.80. The van der Waals surface area contributed by atoms with Crippen molar-refractivity contribution in [1.82, 2.24) is 15.1 Å². The first-order chi connectivity index (χ1) is 16.3. The van der Waals surface area contributed by atoms with Crippen LogP contribution < -0.4 is 5.32 Å². The molecule has 1 heterocycles. The first-order valence-corrected chi connectivity index (χ1v) is 11.6. The number of carboxylic acid groups (broad SMARTS) is 1. The maximum Gasteiger partial charge on any atom is 0.407 e. The molecule has 2 N–H and O–H groups in total. The van der Waals surface area contributed by atoms with E-state index >= 15 is 0 Å². The first-order valence-electron chi connectivity index (χ1n) is 11.6. The molecule has 0 bridgehead atoms. The molecule has 0 saturated carbocycles. The van der Waals surface area contributed by atoms with Crippen molar-refractivity contribution in [3.8, 4) is 11.1 Å². The standard InChI is InChI=1S/C26H31N3O5/c1-16(2)23(24(30)29-13-12-28(3)22(14-29)25(31)32)27-26(33)34-15-21-19-10-6-4-8-17(19)18-9-5-7-11-20(18)21/h4-11,16,21-23H,12-15H2,1-3H3,(H,27,33)(H,31,32). The molecule has 2 amide bonds. The molecule has 1 saturated heterocycles. The molecule has 1 fully saturated rings. The Kier molecular flexibility index (Phi) is 6.88. The number of nitrogens with one attached hydrogen (secondary N) is 1. The smallest absolute Gasteiger partial charge is 0.407 e. The third-order valence-electron chi connectivity index (χ3n) is 6.79. The lowest BCUT2D eigenvalue weighted by molar-refractivity contribution is -0.148. The number of carbonyl (C=O) groups is 3. The number of hydrogen-bond donors (Lipinski definition) is 2. The molecule has 0 aromatic heterocycles. The molecule has 8 heteroatoms. The molecular formula is C26H31N3O5. The monoisotopic (exact) mass is 465 g/mol. The quantitative estimate of drug-likeness (QED) is 0.681. The minimum Gasteiger partial charge on any atom is -0.480 e. The zero-order valence-corrected chi connectivity index (χ0v) is 19.7. The van der Waals surface area contributed by atoms with Gasteiger partial charge >= 0.3 is 12.1 Å². The van der Waals surface area contributed by atoms with Crippen LogP contribution in [0.1, 0.15) is 30.9 Å². The molecule has 0 spiro atoms. The number of hydrogen-bond acceptors (Lipinski definition) is 5. The molecular weight excluding hydrogens is 434 g/mol. The van der Waals surface area contributed by atoms with E-state index in [4.69, 9.17) is 4.74 Å². The number of aliphatic carboxylic acids is 1. The summed E-state index contributed by atoms with van der Waals surface area (Å²) in [7, 11) is 1.73. The molecule has 1 aliphatic carbocycles. The van der Waals surface area contributed by atoms with Crippen LogP contribution >= 0.6 is 0 Å². The lowest BCUT2D eigenvalue weighted by atomic mass is 9.98. The second kappa shape index (κ2) is 9.85. The van der Waals surface area contributed by atoms with E-state index < -0.39 is 24.1 Å². The van der Waals surface area contributed by atoms with Crippen LogP contribution in [-0.2, 0) is 14.3 Å². The topological polar surface area (TPSA) is 99.2 Å². The summed E-state index contributed by atoms with van der Waals surface area (Å²) in [6, 6.07) is 14.6. The molecule has 2 aromatic carbocycles. The van der Waals surface area contributed by atoms with E-state index in [1.165, 1.54) is 4.90 Å². The van der Waals surface area contributed by atoms with Crippen LogP contribution in [0.15, 0.2) is 48.5 Å². The number of rotatable bonds is 6. The van der Waals surface area contributed by atoms with Gasteiger partial charge in [0.2, 0.25) is 5.91 Å². The average molecular weight is 466 g/mol. The van der Waals surface area contributed by atoms with Gasteiger partial charge in [0, 0.05) is 25.6 Å². The Hall–Kier alpha value is -3.39. The van der Waals surface area contributed by atoms with Gasteiger partial charge in [0.25, 0.3) is 0 Å². The number of likely N-dealkylation sites (N-methyl/N-ethyl adjacent to an activating group) is 1. The highest BCUT2D eigenvalue weighted by molar-refractivity contribution is 5.87. The maximum absolute atomic E-state index is 13.2. The van der Waals surface area contributed by atoms with Crippen LogP contribution in [0.5, 0.6) is 0 Å². The summed E-state index contributed by atoms with van der Waals surface area (Å²) in [6.07, 6.45) is -0.655. The van der Waals surface area contributed by atoms with Crippen LogP contribution in [0.3, 0.4) is 0 Å². The van der Waals surface area contributed by atoms with Gasteiger partial charge in [0.15, 0.2) is 0 Å². The van der Waals surface area contributed by atoms with E-state index in [0.717, 1.165) is 22.3 Å². The van der Waals surface area contributed by atoms with Gasteiger partial charge in [0.1, 0.15) is 18.7 Å². The number of carbonyl (C=O) groups excluding carboxylic acids is 2. The van der Waals surface area contributed by atoms with E-state index in [2.05, 4.69) is 17.4 Å². The summed E-state index contributed by atoms with van der Waals surface area (Å²) in [5.74, 6) is -1.51. The Morgan fingerprint density at radius 2 is 1.62 bits per heavy atom. The molecule has 2 unspecified atom stereocenters. The van der Waals surface area contributed by atoms with E-state index in [1.54, 1.807) is 11.9 Å². The van der Waals surface area contributed by atoms with E-state index in [-0.39, 0.29) is 30.9 Å². The molecule has 2 aliphatic rings. The molecule has 180 valence electrons. The van der Waals surface area contributed by atoms with Gasteiger partial charge < -0.3 is 20.1 Å². The highest BCUT2D eigenvalue weighted by atomic mass is 16.5. The third-order valence-corrected chi connectivity index (χ3v) is 6.79. The number of piperazine rings is 1. The fraction of sp³-hybridized carbons (Fsp3) is 0.423. The maximum atomic E-state index is 13.2. The summed E-state index contributed by atoms with van der Waals surface area (Å²) >= 11 is 0. The van der Waals surface area contributed by atoms with Crippen molar-refractivity contribution in [3.05, 3.63) is 59.7 Å². The number of alkyl carbamates (subject to hydrolysis) is 1. The van der Waals surface area contributed by atoms with Gasteiger partial charge in [-0.25, -0.2) is 4.79 Å². The van der Waals surface area contributed by atoms with Gasteiger partial charge in [-0.15, -0.1) is 0 Å². The van der Waals surface area contributed by atoms with Crippen LogP contribution in [0.2, 0.25) is 0 Å². The molecule has 0 radical (unpaired) electrons. The molecule has 2 aromatic rings. The summed E-state index contributed by atoms with van der Waals surface area (Å²) < 4.78 is 5.61. The summed E-state index contributed by atoms with van der Waals surface area (Å²) in [5, 5.41) is 12.2. The van der Waals surface area contributed by atoms with Gasteiger partial charge in [-0.05, 0) is 35.2 Å². The van der Waals surface area contributed by atoms with Crippen LogP contribution in [0.4, 0.5) is 4.79 Å². The first kappa shape index (κ1) is 23.8. The zero-order valence-electron chi connectivity index (χ0n) is 19.7. The second-order valence-corrected chi connectivity index (χ2v) is 9.31. The van der Waals surface area contributed by atoms with Gasteiger partial charge in [-0.3, -0.25) is 14.5 Å². The number of amides is 2. The highest BCUT2D eigenvalue weighted by Crippen LogP contribution is 2.44. The minimum atomic E-state index is -0.967. The lowest BCUT2D eigenvalue weighted by Gasteiger charge is -2.39. The van der Waals surface area contributed by atoms with Gasteiger partial charge in [-0.1, -0.05) is 62.4 Å². The SMILES string of the molecule is CC(C)C(NC(=O)OCC1c2ccccc2-c2ccccc21)C(=O)N1CCN(C)C(C(=O)O)C1. The van der Waals surface area contributed by atoms with E-state index in [1.807, 2.05) is 50.2 Å². The molecule has 4 rings (SSSR count). The average Bonchev–Trinajstić information content (AvgIpc) is 3.14. The predicted octanol–water partition coefficient (Wildman–Crippen LogP) is 2.78. The Balaban J connectivity index is 1.41. The molecule has 2 atom stereocenters. The van der Waals surface area contributed by atoms with E-state index in [9.17, 15) is 19.5 Å². The summed E-state index contributed by atoms with van der Waals surface area (Å²) in [4.78, 5) is 40.7. The number of benzene rings is 2. The number of ether oxygens (including phenoxy) is 1. The fourth-order valence-corrected chi connectivity index (χ4v) is 4.82. The highest BCUT2D eigenvalue weighted by Gasteiger charge is 2.36. The summed E-state index contributed by atoms with van der Waals surface area (Å²) in [5.41, 5.74) is 4.52. The van der Waals surface area contributed by atoms with Gasteiger partial charge in [0.05, 0.1) is 0 Å². The molecule has 34 heavy (non-hydrogen) atoms. The predicted molar refractivity (Wildman–Crippen MR) is 127 cm³/mol. The van der Waals surface area contributed by atoms with Crippen molar-refractivity contribution in [2.45, 2.75) is 31.8 Å². The fourth-order valence-electron chi connectivity index (χ4n) is 4.82. The number of fused-ring (bicyclic) bond motifs is 3. The van der Waals surface area contributed by atoms with Crippen molar-refractivity contribution in [2.75, 3.05) is 33.3 Å². The largest absolute Gasteiger partial charge is 0.480 e. The zero-order chi connectivity index (χ0) is 24.4. The van der Waals surface area contributed by atoms with Crippen molar-refractivity contribution in [3.63, 3.8) is 0 Å². The van der Waals surface area contributed by atoms with Crippen molar-refractivity contribution in [2.24, 2.45) is 5.92 Å². The second-order valence-electron chi connectivity index (χ2n) is 9.31. The van der Waals surface area contributed by atoms with Gasteiger partial charge in [-0.2, -0.15) is 0 Å². The normalized spacial score (nSPS) is 18.8. The molecule has 1 aliphatic heterocycles. The number of nitrogens with zero attached hydrogens (tertiary/aromatic N) is 2. The van der Waals surface area contributed by atoms with Crippen LogP contribution in [-0.4, -0.2) is 78.2 Å². The Morgan fingerprint density at radius 3 is 2.18 bits per heavy atom. The van der Waals surface area contributed by atoms with Crippen LogP contribution in [0, 0.1) is 5.92 Å².